The molecule has 0 bridgehead atoms. The van der Waals surface area contributed by atoms with Crippen molar-refractivity contribution in [2.24, 2.45) is 11.7 Å². The molecule has 30 heavy (non-hydrogen) atoms. The minimum atomic E-state index is -1.01. The second-order valence-electron chi connectivity index (χ2n) is 7.88. The van der Waals surface area contributed by atoms with Crippen LogP contribution in [0.3, 0.4) is 0 Å². The number of aliphatic carboxylic acids is 1. The van der Waals surface area contributed by atoms with Gasteiger partial charge in [0.05, 0.1) is 6.10 Å². The first-order valence-corrected chi connectivity index (χ1v) is 10.0. The number of amidine groups is 1. The van der Waals surface area contributed by atoms with E-state index in [9.17, 15) is 14.4 Å². The molecule has 0 radical (unpaired) electrons. The first-order valence-electron chi connectivity index (χ1n) is 10.0. The lowest BCUT2D eigenvalue weighted by molar-refractivity contribution is -0.147. The van der Waals surface area contributed by atoms with Crippen molar-refractivity contribution in [3.8, 4) is 0 Å². The van der Waals surface area contributed by atoms with Crippen LogP contribution in [0.5, 0.6) is 0 Å². The maximum Gasteiger partial charge on any atom is 0.329 e. The number of amides is 2. The molecule has 1 fully saturated rings. The van der Waals surface area contributed by atoms with E-state index in [2.05, 4.69) is 5.32 Å². The van der Waals surface area contributed by atoms with E-state index in [1.807, 2.05) is 13.8 Å². The van der Waals surface area contributed by atoms with Gasteiger partial charge in [0.2, 0.25) is 5.91 Å². The number of carbonyl (C=O) groups is 3. The monoisotopic (exact) mass is 418 g/mol. The molecule has 1 aromatic rings. The number of rotatable bonds is 9. The summed E-state index contributed by atoms with van der Waals surface area (Å²) in [5, 5.41) is 19.0. The van der Waals surface area contributed by atoms with Crippen molar-refractivity contribution in [3.05, 3.63) is 35.4 Å². The van der Waals surface area contributed by atoms with Crippen LogP contribution in [0.15, 0.2) is 24.3 Å². The van der Waals surface area contributed by atoms with Gasteiger partial charge >= 0.3 is 5.97 Å². The van der Waals surface area contributed by atoms with E-state index in [1.54, 1.807) is 29.2 Å². The van der Waals surface area contributed by atoms with Crippen molar-refractivity contribution in [2.45, 2.75) is 45.3 Å². The maximum absolute atomic E-state index is 13.0. The van der Waals surface area contributed by atoms with Crippen LogP contribution in [0.4, 0.5) is 0 Å². The summed E-state index contributed by atoms with van der Waals surface area (Å²) < 4.78 is 5.32. The molecule has 0 aromatic heterocycles. The van der Waals surface area contributed by atoms with Crippen LogP contribution in [0, 0.1) is 11.3 Å². The van der Waals surface area contributed by atoms with E-state index in [4.69, 9.17) is 21.0 Å². The van der Waals surface area contributed by atoms with E-state index < -0.39 is 12.0 Å². The maximum atomic E-state index is 13.0. The Bertz CT molecular complexity index is 770. The van der Waals surface area contributed by atoms with Crippen molar-refractivity contribution < 1.29 is 24.2 Å². The molecule has 1 aromatic carbocycles. The number of hydrogen-bond acceptors (Lipinski definition) is 5. The molecular formula is C21H30N4O5. The van der Waals surface area contributed by atoms with Gasteiger partial charge in [0.25, 0.3) is 5.91 Å². The van der Waals surface area contributed by atoms with Gasteiger partial charge in [-0.05, 0) is 37.3 Å². The number of carboxylic acids is 1. The Kier molecular flexibility index (Phi) is 8.35. The molecule has 1 heterocycles. The van der Waals surface area contributed by atoms with Crippen LogP contribution in [0.1, 0.15) is 49.0 Å². The van der Waals surface area contributed by atoms with Gasteiger partial charge in [0.1, 0.15) is 18.5 Å². The summed E-state index contributed by atoms with van der Waals surface area (Å²) in [5.41, 5.74) is 6.35. The molecule has 9 nitrogen and oxygen atoms in total. The molecule has 1 aliphatic heterocycles. The Labute approximate surface area is 176 Å². The standard InChI is InChI=1S/C21H30N4O5/c1-13(2)11-17(24-20(28)15-5-3-14(4-6-15)19(22)23)21(29)25-9-7-16(8-10-25)30-12-18(26)27/h3-6,13,16-17H,7-12H2,1-2H3,(H3,22,23)(H,24,28)(H,26,27)/t17-/m0/s1. The zero-order valence-electron chi connectivity index (χ0n) is 17.4. The zero-order valence-corrected chi connectivity index (χ0v) is 17.4. The number of nitrogens with zero attached hydrogens (tertiary/aromatic N) is 1. The quantitative estimate of drug-likeness (QED) is 0.350. The zero-order chi connectivity index (χ0) is 22.3. The number of ether oxygens (including phenoxy) is 1. The second kappa shape index (κ2) is 10.7. The molecule has 1 atom stereocenters. The average molecular weight is 418 g/mol. The SMILES string of the molecule is CC(C)C[C@H](NC(=O)c1ccc(C(=N)N)cc1)C(=O)N1CCC(OCC(=O)O)CC1. The number of hydrogen-bond donors (Lipinski definition) is 4. The van der Waals surface area contributed by atoms with Crippen molar-refractivity contribution >= 4 is 23.6 Å². The Morgan fingerprint density at radius 2 is 1.77 bits per heavy atom. The number of nitrogens with one attached hydrogen (secondary N) is 2. The highest BCUT2D eigenvalue weighted by atomic mass is 16.5. The van der Waals surface area contributed by atoms with Crippen molar-refractivity contribution in [1.82, 2.24) is 10.2 Å². The Balaban J connectivity index is 1.99. The molecule has 0 spiro atoms. The van der Waals surface area contributed by atoms with Gasteiger partial charge in [-0.25, -0.2) is 4.79 Å². The van der Waals surface area contributed by atoms with Gasteiger partial charge in [-0.3, -0.25) is 15.0 Å². The number of nitrogens with two attached hydrogens (primary N) is 1. The normalized spacial score (nSPS) is 15.6. The van der Waals surface area contributed by atoms with Gasteiger partial charge < -0.3 is 25.8 Å². The molecule has 1 aliphatic rings. The molecule has 0 aliphatic carbocycles. The largest absolute Gasteiger partial charge is 0.480 e. The Morgan fingerprint density at radius 1 is 1.20 bits per heavy atom. The summed E-state index contributed by atoms with van der Waals surface area (Å²) in [5.74, 6) is -1.39. The molecule has 2 rings (SSSR count). The highest BCUT2D eigenvalue weighted by Gasteiger charge is 2.30. The van der Waals surface area contributed by atoms with E-state index >= 15 is 0 Å². The number of carboxylic acid groups (broad SMARTS) is 1. The van der Waals surface area contributed by atoms with Crippen molar-refractivity contribution in [2.75, 3.05) is 19.7 Å². The number of likely N-dealkylation sites (tertiary alicyclic amines) is 1. The van der Waals surface area contributed by atoms with E-state index in [-0.39, 0.29) is 36.3 Å². The fourth-order valence-corrected chi connectivity index (χ4v) is 3.39. The number of piperidine rings is 1. The molecule has 0 saturated carbocycles. The summed E-state index contributed by atoms with van der Waals surface area (Å²) in [6, 6.07) is 5.70. The molecule has 164 valence electrons. The van der Waals surface area contributed by atoms with Gasteiger partial charge in [0, 0.05) is 24.2 Å². The van der Waals surface area contributed by atoms with Crippen LogP contribution in [0.2, 0.25) is 0 Å². The summed E-state index contributed by atoms with van der Waals surface area (Å²) in [6.45, 7) is 4.55. The second-order valence-corrected chi connectivity index (χ2v) is 7.88. The van der Waals surface area contributed by atoms with Crippen LogP contribution in [-0.4, -0.2) is 65.5 Å². The Morgan fingerprint density at radius 3 is 2.27 bits per heavy atom. The van der Waals surface area contributed by atoms with Gasteiger partial charge in [-0.15, -0.1) is 0 Å². The molecule has 1 saturated heterocycles. The van der Waals surface area contributed by atoms with Gasteiger partial charge in [-0.2, -0.15) is 0 Å². The van der Waals surface area contributed by atoms with Gasteiger partial charge in [0.15, 0.2) is 0 Å². The lowest BCUT2D eigenvalue weighted by atomic mass is 10.00. The van der Waals surface area contributed by atoms with Crippen LogP contribution < -0.4 is 11.1 Å². The lowest BCUT2D eigenvalue weighted by Gasteiger charge is -2.34. The van der Waals surface area contributed by atoms with E-state index in [1.165, 1.54) is 0 Å². The van der Waals surface area contributed by atoms with Crippen molar-refractivity contribution in [3.63, 3.8) is 0 Å². The predicted octanol–water partition coefficient (Wildman–Crippen LogP) is 1.21. The first kappa shape index (κ1) is 23.3. The summed E-state index contributed by atoms with van der Waals surface area (Å²) >= 11 is 0. The van der Waals surface area contributed by atoms with Crippen molar-refractivity contribution in [1.29, 1.82) is 5.41 Å². The fourth-order valence-electron chi connectivity index (χ4n) is 3.39. The number of benzene rings is 1. The highest BCUT2D eigenvalue weighted by molar-refractivity contribution is 5.99. The summed E-state index contributed by atoms with van der Waals surface area (Å²) in [4.78, 5) is 38.0. The minimum absolute atomic E-state index is 0.0782. The molecule has 0 unspecified atom stereocenters. The lowest BCUT2D eigenvalue weighted by Crippen LogP contribution is -2.52. The third-order valence-corrected chi connectivity index (χ3v) is 4.96. The van der Waals surface area contributed by atoms with E-state index in [0.717, 1.165) is 0 Å². The molecule has 2 amide bonds. The Hall–Kier alpha value is -2.94. The number of carbonyl (C=O) groups excluding carboxylic acids is 2. The predicted molar refractivity (Wildman–Crippen MR) is 111 cm³/mol. The summed E-state index contributed by atoms with van der Waals surface area (Å²) in [7, 11) is 0. The molecule has 9 heteroatoms. The average Bonchev–Trinajstić information content (AvgIpc) is 2.71. The van der Waals surface area contributed by atoms with Crippen LogP contribution in [0.25, 0.3) is 0 Å². The summed E-state index contributed by atoms with van der Waals surface area (Å²) in [6.07, 6.45) is 1.45. The third kappa shape index (κ3) is 6.84. The van der Waals surface area contributed by atoms with Gasteiger partial charge in [-0.1, -0.05) is 26.0 Å². The fraction of sp³-hybridized carbons (Fsp3) is 0.524. The molecule has 5 N–H and O–H groups in total. The van der Waals surface area contributed by atoms with E-state index in [0.29, 0.717) is 43.5 Å². The van der Waals surface area contributed by atoms with Crippen LogP contribution >= 0.6 is 0 Å². The minimum Gasteiger partial charge on any atom is -0.480 e. The molecular weight excluding hydrogens is 388 g/mol. The first-order chi connectivity index (χ1) is 14.2. The number of nitrogen functional groups attached to an aromatic ring is 1. The smallest absolute Gasteiger partial charge is 0.329 e. The third-order valence-electron chi connectivity index (χ3n) is 4.96. The van der Waals surface area contributed by atoms with Crippen LogP contribution in [-0.2, 0) is 14.3 Å². The highest BCUT2D eigenvalue weighted by Crippen LogP contribution is 2.17. The topological polar surface area (TPSA) is 146 Å².